The molecule has 1 N–H and O–H groups in total. The van der Waals surface area contributed by atoms with E-state index in [4.69, 9.17) is 9.26 Å². The number of rotatable bonds is 9. The lowest BCUT2D eigenvalue weighted by molar-refractivity contribution is -0.115. The lowest BCUT2D eigenvalue weighted by atomic mass is 10.1. The highest BCUT2D eigenvalue weighted by atomic mass is 16.5. The molecule has 0 aliphatic carbocycles. The number of hydrogen-bond donors (Lipinski definition) is 1. The number of carbonyl (C=O) groups is 1. The number of nitrogens with one attached hydrogen (secondary N) is 1. The molecule has 2 aromatic heterocycles. The lowest BCUT2D eigenvalue weighted by Gasteiger charge is -2.10. The Kier molecular flexibility index (Phi) is 6.88. The number of ether oxygens (including phenoxy) is 1. The maximum atomic E-state index is 12.6. The monoisotopic (exact) mass is 444 g/mol. The summed E-state index contributed by atoms with van der Waals surface area (Å²) in [6.45, 7) is 6.90. The first kappa shape index (κ1) is 22.3. The third kappa shape index (κ3) is 5.68. The minimum absolute atomic E-state index is 0.0949. The molecule has 7 nitrogen and oxygen atoms in total. The molecule has 7 heteroatoms. The summed E-state index contributed by atoms with van der Waals surface area (Å²) in [6, 6.07) is 17.8. The van der Waals surface area contributed by atoms with Crippen LogP contribution >= 0.6 is 0 Å². The Labute approximate surface area is 193 Å². The molecule has 0 fully saturated rings. The predicted octanol–water partition coefficient (Wildman–Crippen LogP) is 4.86. The van der Waals surface area contributed by atoms with Gasteiger partial charge in [0.05, 0.1) is 30.4 Å². The molecular formula is C26H28N4O3. The first-order chi connectivity index (χ1) is 16.0. The van der Waals surface area contributed by atoms with Gasteiger partial charge in [-0.25, -0.2) is 4.68 Å². The topological polar surface area (TPSA) is 82.2 Å². The van der Waals surface area contributed by atoms with E-state index < -0.39 is 0 Å². The van der Waals surface area contributed by atoms with Crippen LogP contribution in [0, 0.1) is 13.8 Å². The molecule has 0 atom stereocenters. The van der Waals surface area contributed by atoms with Crippen molar-refractivity contribution < 1.29 is 14.1 Å². The van der Waals surface area contributed by atoms with Crippen LogP contribution in [0.1, 0.15) is 40.6 Å². The molecule has 2 aromatic carbocycles. The molecule has 2 heterocycles. The molecule has 0 aliphatic heterocycles. The lowest BCUT2D eigenvalue weighted by Crippen LogP contribution is -2.18. The summed E-state index contributed by atoms with van der Waals surface area (Å²) in [4.78, 5) is 12.6. The van der Waals surface area contributed by atoms with Gasteiger partial charge in [-0.1, -0.05) is 48.5 Å². The van der Waals surface area contributed by atoms with E-state index in [9.17, 15) is 4.79 Å². The molecule has 0 saturated carbocycles. The fourth-order valence-corrected chi connectivity index (χ4v) is 3.56. The Morgan fingerprint density at radius 1 is 1.00 bits per heavy atom. The highest BCUT2D eigenvalue weighted by Crippen LogP contribution is 2.19. The molecule has 33 heavy (non-hydrogen) atoms. The van der Waals surface area contributed by atoms with Gasteiger partial charge in [0.25, 0.3) is 0 Å². The van der Waals surface area contributed by atoms with Crippen molar-refractivity contribution in [2.24, 2.45) is 0 Å². The van der Waals surface area contributed by atoms with Gasteiger partial charge in [0, 0.05) is 6.07 Å². The van der Waals surface area contributed by atoms with Gasteiger partial charge in [-0.2, -0.15) is 5.10 Å². The SMILES string of the molecule is CCc1ccc(Cn2nccc2NC(=O)Cc2ccc(OCc3c(C)noc3C)cc2)cc1. The fourth-order valence-electron chi connectivity index (χ4n) is 3.56. The van der Waals surface area contributed by atoms with Gasteiger partial charge in [0.2, 0.25) is 5.91 Å². The Bertz CT molecular complexity index is 1190. The van der Waals surface area contributed by atoms with Crippen molar-refractivity contribution in [3.8, 4) is 5.75 Å². The number of nitrogens with zero attached hydrogens (tertiary/aromatic N) is 3. The summed E-state index contributed by atoms with van der Waals surface area (Å²) >= 11 is 0. The average molecular weight is 445 g/mol. The molecule has 0 aliphatic rings. The smallest absolute Gasteiger partial charge is 0.229 e. The van der Waals surface area contributed by atoms with E-state index in [1.54, 1.807) is 10.9 Å². The van der Waals surface area contributed by atoms with Crippen LogP contribution in [0.3, 0.4) is 0 Å². The van der Waals surface area contributed by atoms with E-state index in [2.05, 4.69) is 46.8 Å². The van der Waals surface area contributed by atoms with Crippen molar-refractivity contribution in [3.63, 3.8) is 0 Å². The number of benzene rings is 2. The van der Waals surface area contributed by atoms with Crippen LogP contribution in [0.15, 0.2) is 65.3 Å². The second-order valence-corrected chi connectivity index (χ2v) is 8.00. The molecular weight excluding hydrogens is 416 g/mol. The summed E-state index contributed by atoms with van der Waals surface area (Å²) in [6.07, 6.45) is 2.97. The summed E-state index contributed by atoms with van der Waals surface area (Å²) < 4.78 is 12.8. The van der Waals surface area contributed by atoms with E-state index >= 15 is 0 Å². The van der Waals surface area contributed by atoms with E-state index in [1.807, 2.05) is 44.2 Å². The van der Waals surface area contributed by atoms with E-state index in [0.29, 0.717) is 19.0 Å². The zero-order chi connectivity index (χ0) is 23.2. The quantitative estimate of drug-likeness (QED) is 0.399. The van der Waals surface area contributed by atoms with Crippen LogP contribution in [-0.2, 0) is 30.8 Å². The van der Waals surface area contributed by atoms with Crippen molar-refractivity contribution in [2.45, 2.75) is 46.8 Å². The number of aromatic nitrogens is 3. The van der Waals surface area contributed by atoms with E-state index in [1.165, 1.54) is 5.56 Å². The van der Waals surface area contributed by atoms with Gasteiger partial charge >= 0.3 is 0 Å². The second kappa shape index (κ2) is 10.2. The number of carbonyl (C=O) groups excluding carboxylic acids is 1. The number of anilines is 1. The van der Waals surface area contributed by atoms with Crippen LogP contribution in [0.2, 0.25) is 0 Å². The number of aryl methyl sites for hydroxylation is 3. The normalized spacial score (nSPS) is 10.9. The van der Waals surface area contributed by atoms with Crippen LogP contribution in [0.5, 0.6) is 5.75 Å². The highest BCUT2D eigenvalue weighted by molar-refractivity contribution is 5.91. The molecule has 0 spiro atoms. The molecule has 1 amide bonds. The Morgan fingerprint density at radius 3 is 2.36 bits per heavy atom. The molecule has 0 radical (unpaired) electrons. The highest BCUT2D eigenvalue weighted by Gasteiger charge is 2.11. The summed E-state index contributed by atoms with van der Waals surface area (Å²) in [7, 11) is 0. The minimum atomic E-state index is -0.0949. The molecule has 170 valence electrons. The summed E-state index contributed by atoms with van der Waals surface area (Å²) in [5.41, 5.74) is 5.12. The average Bonchev–Trinajstić information content (AvgIpc) is 3.39. The summed E-state index contributed by atoms with van der Waals surface area (Å²) in [5.74, 6) is 2.07. The van der Waals surface area contributed by atoms with Crippen LogP contribution in [-0.4, -0.2) is 20.8 Å². The van der Waals surface area contributed by atoms with Crippen molar-refractivity contribution >= 4 is 11.7 Å². The van der Waals surface area contributed by atoms with Crippen molar-refractivity contribution in [2.75, 3.05) is 5.32 Å². The van der Waals surface area contributed by atoms with Crippen molar-refractivity contribution in [1.82, 2.24) is 14.9 Å². The number of hydrogen-bond acceptors (Lipinski definition) is 5. The van der Waals surface area contributed by atoms with Gasteiger partial charge in [0.1, 0.15) is 23.9 Å². The maximum absolute atomic E-state index is 12.6. The largest absolute Gasteiger partial charge is 0.489 e. The molecule has 0 bridgehead atoms. The van der Waals surface area contributed by atoms with E-state index in [-0.39, 0.29) is 12.3 Å². The van der Waals surface area contributed by atoms with Crippen LogP contribution in [0.25, 0.3) is 0 Å². The number of amides is 1. The van der Waals surface area contributed by atoms with Crippen LogP contribution in [0.4, 0.5) is 5.82 Å². The van der Waals surface area contributed by atoms with E-state index in [0.717, 1.165) is 40.3 Å². The zero-order valence-electron chi connectivity index (χ0n) is 19.2. The van der Waals surface area contributed by atoms with Crippen LogP contribution < -0.4 is 10.1 Å². The fraction of sp³-hybridized carbons (Fsp3) is 0.269. The maximum Gasteiger partial charge on any atom is 0.229 e. The van der Waals surface area contributed by atoms with Gasteiger partial charge in [-0.05, 0) is 49.1 Å². The van der Waals surface area contributed by atoms with Crippen molar-refractivity contribution in [1.29, 1.82) is 0 Å². The first-order valence-corrected chi connectivity index (χ1v) is 11.0. The third-order valence-electron chi connectivity index (χ3n) is 5.60. The second-order valence-electron chi connectivity index (χ2n) is 8.00. The Balaban J connectivity index is 1.31. The Hall–Kier alpha value is -3.87. The van der Waals surface area contributed by atoms with Gasteiger partial charge in [-0.15, -0.1) is 0 Å². The predicted molar refractivity (Wildman–Crippen MR) is 126 cm³/mol. The van der Waals surface area contributed by atoms with Crippen molar-refractivity contribution in [3.05, 3.63) is 94.5 Å². The standard InChI is InChI=1S/C26H28N4O3/c1-4-20-5-7-22(8-6-20)16-30-25(13-14-27-30)28-26(31)15-21-9-11-23(12-10-21)32-17-24-18(2)29-33-19(24)3/h5-14H,4,15-17H2,1-3H3,(H,28,31). The molecule has 0 saturated heterocycles. The summed E-state index contributed by atoms with van der Waals surface area (Å²) in [5, 5.41) is 11.3. The molecule has 0 unspecified atom stereocenters. The zero-order valence-corrected chi connectivity index (χ0v) is 19.2. The molecule has 4 aromatic rings. The first-order valence-electron chi connectivity index (χ1n) is 11.0. The minimum Gasteiger partial charge on any atom is -0.489 e. The third-order valence-corrected chi connectivity index (χ3v) is 5.60. The Morgan fingerprint density at radius 2 is 1.70 bits per heavy atom. The molecule has 4 rings (SSSR count). The van der Waals surface area contributed by atoms with Gasteiger partial charge < -0.3 is 14.6 Å². The van der Waals surface area contributed by atoms with Gasteiger partial charge in [0.15, 0.2) is 0 Å². The van der Waals surface area contributed by atoms with Gasteiger partial charge in [-0.3, -0.25) is 4.79 Å².